The summed E-state index contributed by atoms with van der Waals surface area (Å²) in [5.74, 6) is -0.165. The highest BCUT2D eigenvalue weighted by Gasteiger charge is 2.16. The summed E-state index contributed by atoms with van der Waals surface area (Å²) in [6, 6.07) is 8.35. The van der Waals surface area contributed by atoms with Crippen molar-refractivity contribution in [2.24, 2.45) is 0 Å². The van der Waals surface area contributed by atoms with E-state index in [9.17, 15) is 4.79 Å². The van der Waals surface area contributed by atoms with Crippen molar-refractivity contribution in [3.63, 3.8) is 0 Å². The fourth-order valence-electron chi connectivity index (χ4n) is 1.68. The van der Waals surface area contributed by atoms with Crippen LogP contribution in [0.1, 0.15) is 45.7 Å². The second-order valence-corrected chi connectivity index (χ2v) is 6.48. The Bertz CT molecular complexity index is 426. The average Bonchev–Trinajstić information content (AvgIpc) is 2.26. The summed E-state index contributed by atoms with van der Waals surface area (Å²) in [4.78, 5) is 11.6. The molecule has 0 bridgehead atoms. The molecule has 0 saturated heterocycles. The third-order valence-corrected chi connectivity index (χ3v) is 3.04. The Morgan fingerprint density at radius 2 is 2.11 bits per heavy atom. The first-order valence-electron chi connectivity index (χ1n) is 6.48. The zero-order valence-corrected chi connectivity index (χ0v) is 13.6. The van der Waals surface area contributed by atoms with Crippen LogP contribution in [0.5, 0.6) is 0 Å². The summed E-state index contributed by atoms with van der Waals surface area (Å²) in [6.45, 7) is 8.33. The van der Waals surface area contributed by atoms with Gasteiger partial charge in [-0.3, -0.25) is 4.79 Å². The second-order valence-electron chi connectivity index (χ2n) is 5.57. The van der Waals surface area contributed by atoms with Gasteiger partial charge in [-0.15, -0.1) is 0 Å². The van der Waals surface area contributed by atoms with Crippen LogP contribution in [-0.2, 0) is 9.53 Å². The molecule has 1 aromatic rings. The standard InChI is InChI=1S/C15H22BrNO2/c1-11(12-6-5-7-13(16)10-12)17-9-8-14(18)19-15(2,3)4/h5-7,10-11,17H,8-9H2,1-4H3/t11-/m1/s1. The quantitative estimate of drug-likeness (QED) is 0.835. The van der Waals surface area contributed by atoms with Crippen LogP contribution >= 0.6 is 15.9 Å². The molecule has 0 aromatic heterocycles. The summed E-state index contributed by atoms with van der Waals surface area (Å²) in [5, 5.41) is 3.32. The number of halogens is 1. The molecule has 0 spiro atoms. The summed E-state index contributed by atoms with van der Waals surface area (Å²) < 4.78 is 6.32. The molecule has 0 radical (unpaired) electrons. The van der Waals surface area contributed by atoms with Crippen LogP contribution in [0.4, 0.5) is 0 Å². The molecular formula is C15H22BrNO2. The number of benzene rings is 1. The van der Waals surface area contributed by atoms with Gasteiger partial charge in [-0.25, -0.2) is 0 Å². The predicted molar refractivity (Wildman–Crippen MR) is 81.0 cm³/mol. The molecule has 0 unspecified atom stereocenters. The molecule has 106 valence electrons. The van der Waals surface area contributed by atoms with Crippen LogP contribution in [0.2, 0.25) is 0 Å². The van der Waals surface area contributed by atoms with E-state index in [0.29, 0.717) is 13.0 Å². The predicted octanol–water partition coefficient (Wildman–Crippen LogP) is 3.83. The molecule has 0 aliphatic heterocycles. The maximum absolute atomic E-state index is 11.6. The number of hydrogen-bond acceptors (Lipinski definition) is 3. The molecule has 4 heteroatoms. The van der Waals surface area contributed by atoms with Gasteiger partial charge in [0, 0.05) is 17.1 Å². The van der Waals surface area contributed by atoms with E-state index in [2.05, 4.69) is 40.3 Å². The van der Waals surface area contributed by atoms with Gasteiger partial charge in [0.25, 0.3) is 0 Å². The van der Waals surface area contributed by atoms with Crippen LogP contribution in [0.15, 0.2) is 28.7 Å². The minimum atomic E-state index is -0.410. The molecule has 1 atom stereocenters. The smallest absolute Gasteiger partial charge is 0.307 e. The molecule has 0 aliphatic rings. The number of ether oxygens (including phenoxy) is 1. The number of hydrogen-bond donors (Lipinski definition) is 1. The van der Waals surface area contributed by atoms with Gasteiger partial charge in [-0.1, -0.05) is 28.1 Å². The summed E-state index contributed by atoms with van der Waals surface area (Å²) in [6.07, 6.45) is 0.385. The van der Waals surface area contributed by atoms with Crippen molar-refractivity contribution in [1.82, 2.24) is 5.32 Å². The minimum absolute atomic E-state index is 0.165. The van der Waals surface area contributed by atoms with E-state index in [-0.39, 0.29) is 12.0 Å². The van der Waals surface area contributed by atoms with Crippen molar-refractivity contribution in [1.29, 1.82) is 0 Å². The topological polar surface area (TPSA) is 38.3 Å². The van der Waals surface area contributed by atoms with Gasteiger partial charge in [0.05, 0.1) is 6.42 Å². The highest BCUT2D eigenvalue weighted by molar-refractivity contribution is 9.10. The van der Waals surface area contributed by atoms with Gasteiger partial charge in [0.1, 0.15) is 5.60 Å². The lowest BCUT2D eigenvalue weighted by atomic mass is 10.1. The van der Waals surface area contributed by atoms with E-state index in [1.165, 1.54) is 5.56 Å². The number of rotatable bonds is 5. The monoisotopic (exact) mass is 327 g/mol. The van der Waals surface area contributed by atoms with Crippen LogP contribution in [0.25, 0.3) is 0 Å². The molecule has 1 N–H and O–H groups in total. The highest BCUT2D eigenvalue weighted by atomic mass is 79.9. The Kier molecular flexibility index (Phi) is 6.01. The summed E-state index contributed by atoms with van der Waals surface area (Å²) in [5.41, 5.74) is 0.783. The van der Waals surface area contributed by atoms with Gasteiger partial charge in [-0.05, 0) is 45.4 Å². The van der Waals surface area contributed by atoms with E-state index in [0.717, 1.165) is 4.47 Å². The first-order chi connectivity index (χ1) is 8.78. The molecular weight excluding hydrogens is 306 g/mol. The Morgan fingerprint density at radius 1 is 1.42 bits per heavy atom. The van der Waals surface area contributed by atoms with Crippen LogP contribution in [0.3, 0.4) is 0 Å². The molecule has 3 nitrogen and oxygen atoms in total. The Morgan fingerprint density at radius 3 is 2.68 bits per heavy atom. The van der Waals surface area contributed by atoms with Crippen molar-refractivity contribution < 1.29 is 9.53 Å². The zero-order chi connectivity index (χ0) is 14.5. The minimum Gasteiger partial charge on any atom is -0.460 e. The first-order valence-corrected chi connectivity index (χ1v) is 7.28. The Balaban J connectivity index is 2.35. The molecule has 0 aliphatic carbocycles. The largest absolute Gasteiger partial charge is 0.460 e. The van der Waals surface area contributed by atoms with E-state index < -0.39 is 5.60 Å². The Hall–Kier alpha value is -0.870. The lowest BCUT2D eigenvalue weighted by Crippen LogP contribution is -2.27. The van der Waals surface area contributed by atoms with E-state index >= 15 is 0 Å². The molecule has 1 aromatic carbocycles. The summed E-state index contributed by atoms with van der Waals surface area (Å²) in [7, 11) is 0. The fraction of sp³-hybridized carbons (Fsp3) is 0.533. The molecule has 1 rings (SSSR count). The number of esters is 1. The highest BCUT2D eigenvalue weighted by Crippen LogP contribution is 2.17. The van der Waals surface area contributed by atoms with Crippen molar-refractivity contribution in [2.45, 2.75) is 45.8 Å². The molecule has 19 heavy (non-hydrogen) atoms. The van der Waals surface area contributed by atoms with Gasteiger partial charge in [-0.2, -0.15) is 0 Å². The summed E-state index contributed by atoms with van der Waals surface area (Å²) >= 11 is 3.45. The average molecular weight is 328 g/mol. The molecule has 0 amide bonds. The van der Waals surface area contributed by atoms with Crippen molar-refractivity contribution >= 4 is 21.9 Å². The normalized spacial score (nSPS) is 13.1. The van der Waals surface area contributed by atoms with Crippen LogP contribution in [-0.4, -0.2) is 18.1 Å². The van der Waals surface area contributed by atoms with Gasteiger partial charge in [0.2, 0.25) is 0 Å². The van der Waals surface area contributed by atoms with Gasteiger partial charge >= 0.3 is 5.97 Å². The van der Waals surface area contributed by atoms with Crippen molar-refractivity contribution in [3.8, 4) is 0 Å². The third-order valence-electron chi connectivity index (χ3n) is 2.55. The molecule has 0 heterocycles. The molecule has 0 fully saturated rings. The maximum atomic E-state index is 11.6. The van der Waals surface area contributed by atoms with E-state index in [1.54, 1.807) is 0 Å². The number of carbonyl (C=O) groups excluding carboxylic acids is 1. The molecule has 0 saturated carbocycles. The Labute approximate surface area is 123 Å². The SMILES string of the molecule is C[C@@H](NCCC(=O)OC(C)(C)C)c1cccc(Br)c1. The fourth-order valence-corrected chi connectivity index (χ4v) is 2.09. The zero-order valence-electron chi connectivity index (χ0n) is 12.0. The van der Waals surface area contributed by atoms with Crippen molar-refractivity contribution in [3.05, 3.63) is 34.3 Å². The lowest BCUT2D eigenvalue weighted by molar-refractivity contribution is -0.154. The number of carbonyl (C=O) groups is 1. The number of nitrogens with one attached hydrogen (secondary N) is 1. The van der Waals surface area contributed by atoms with E-state index in [4.69, 9.17) is 4.74 Å². The van der Waals surface area contributed by atoms with Gasteiger partial charge in [0.15, 0.2) is 0 Å². The second kappa shape index (κ2) is 7.06. The maximum Gasteiger partial charge on any atom is 0.307 e. The van der Waals surface area contributed by atoms with Crippen LogP contribution < -0.4 is 5.32 Å². The third kappa shape index (κ3) is 6.73. The van der Waals surface area contributed by atoms with Crippen LogP contribution in [0, 0.1) is 0 Å². The first kappa shape index (κ1) is 16.2. The van der Waals surface area contributed by atoms with Gasteiger partial charge < -0.3 is 10.1 Å². The van der Waals surface area contributed by atoms with Crippen molar-refractivity contribution in [2.75, 3.05) is 6.54 Å². The lowest BCUT2D eigenvalue weighted by Gasteiger charge is -2.20. The van der Waals surface area contributed by atoms with E-state index in [1.807, 2.05) is 32.9 Å².